The zero-order valence-corrected chi connectivity index (χ0v) is 33.2. The summed E-state index contributed by atoms with van der Waals surface area (Å²) in [5.41, 5.74) is 5.82. The number of allylic oxidation sites excluding steroid dienone is 7. The number of aliphatic hydroxyl groups is 1. The number of aliphatic hydroxyl groups excluding tert-OH is 1. The summed E-state index contributed by atoms with van der Waals surface area (Å²) >= 11 is 0. The Hall–Kier alpha value is -1.52. The van der Waals surface area contributed by atoms with Gasteiger partial charge in [0.1, 0.15) is 6.29 Å². The molecular weight excluding hydrogens is 571 g/mol. The Kier molecular flexibility index (Phi) is 32.7. The largest absolute Gasteiger partial charge is 0.396 e. The molecule has 4 heteroatoms. The van der Waals surface area contributed by atoms with Gasteiger partial charge in [-0.3, -0.25) is 4.79 Å². The van der Waals surface area contributed by atoms with Gasteiger partial charge in [-0.05, 0) is 112 Å². The molecule has 0 saturated heterocycles. The molecule has 6 atom stereocenters. The molecule has 0 aromatic heterocycles. The summed E-state index contributed by atoms with van der Waals surface area (Å²) in [6, 6.07) is 0. The van der Waals surface area contributed by atoms with Crippen molar-refractivity contribution in [2.75, 3.05) is 20.3 Å². The normalized spacial score (nSPS) is 15.9. The van der Waals surface area contributed by atoms with Gasteiger partial charge < -0.3 is 9.84 Å². The van der Waals surface area contributed by atoms with Crippen LogP contribution in [0.4, 0.5) is 4.39 Å². The van der Waals surface area contributed by atoms with Crippen LogP contribution in [0.25, 0.3) is 0 Å². The summed E-state index contributed by atoms with van der Waals surface area (Å²) in [5, 5.41) is 9.54. The SMILES string of the molecule is C=C(C)C=O.CCC.CCC(/C=C(\C)C(CC)C/C(F)=C(\C)C(C)CCC(C)C(C)CCC(C)CC(CO)COC)=C(CC)CC. The fraction of sp³-hybridized carbons (Fsp3) is 0.786. The molecule has 0 aromatic carbocycles. The maximum atomic E-state index is 15.4. The van der Waals surface area contributed by atoms with Crippen LogP contribution >= 0.6 is 0 Å². The van der Waals surface area contributed by atoms with Crippen molar-refractivity contribution >= 4 is 6.29 Å². The van der Waals surface area contributed by atoms with Gasteiger partial charge in [-0.2, -0.15) is 0 Å². The number of rotatable bonds is 22. The first-order chi connectivity index (χ1) is 21.7. The van der Waals surface area contributed by atoms with Crippen LogP contribution in [0.1, 0.15) is 161 Å². The number of hydrogen-bond donors (Lipinski definition) is 1. The first-order valence-electron chi connectivity index (χ1n) is 18.6. The molecule has 0 heterocycles. The van der Waals surface area contributed by atoms with Crippen LogP contribution in [0, 0.1) is 35.5 Å². The Bertz CT molecular complexity index is 862. The maximum absolute atomic E-state index is 15.4. The lowest BCUT2D eigenvalue weighted by molar-refractivity contribution is -0.104. The molecule has 6 unspecified atom stereocenters. The van der Waals surface area contributed by atoms with Gasteiger partial charge in [-0.15, -0.1) is 0 Å². The van der Waals surface area contributed by atoms with Crippen molar-refractivity contribution in [3.05, 3.63) is 46.3 Å². The van der Waals surface area contributed by atoms with Gasteiger partial charge in [0.05, 0.1) is 12.4 Å². The smallest absolute Gasteiger partial charge is 0.145 e. The summed E-state index contributed by atoms with van der Waals surface area (Å²) in [6.45, 7) is 32.4. The molecule has 0 aliphatic heterocycles. The molecular formula is C42H79FO3. The Morgan fingerprint density at radius 1 is 0.870 bits per heavy atom. The molecule has 0 aliphatic carbocycles. The number of aldehydes is 1. The molecule has 0 rings (SSSR count). The molecule has 0 aliphatic rings. The predicted molar refractivity (Wildman–Crippen MR) is 203 cm³/mol. The highest BCUT2D eigenvalue weighted by molar-refractivity contribution is 5.70. The number of carbonyl (C=O) groups excluding carboxylic acids is 1. The molecule has 0 aromatic rings. The molecule has 272 valence electrons. The van der Waals surface area contributed by atoms with E-state index in [2.05, 4.69) is 88.8 Å². The molecule has 0 radical (unpaired) electrons. The lowest BCUT2D eigenvalue weighted by Crippen LogP contribution is -2.17. The Balaban J connectivity index is -0.00000205. The fourth-order valence-electron chi connectivity index (χ4n) is 5.79. The van der Waals surface area contributed by atoms with E-state index < -0.39 is 0 Å². The van der Waals surface area contributed by atoms with Crippen molar-refractivity contribution in [2.24, 2.45) is 35.5 Å². The van der Waals surface area contributed by atoms with Crippen LogP contribution in [-0.4, -0.2) is 31.7 Å². The standard InChI is InChI=1S/C35H65FO2.C4H6O.C3H8/c1-12-32(13-2)34(15-4)21-29(9)33(14-3)22-35(36)30(10)28(8)19-18-27(7)26(6)17-16-25(5)20-31(23-37)24-38-11;1-4(2)3-5;1-3-2/h21,25-28,31,33,37H,12-20,22-24H2,1-11H3;3H,1H2,2H3;3H2,1-2H3/b29-21+,35-30-;;. The van der Waals surface area contributed by atoms with Gasteiger partial charge >= 0.3 is 0 Å². The van der Waals surface area contributed by atoms with E-state index in [1.54, 1.807) is 14.0 Å². The second kappa shape index (κ2) is 30.8. The van der Waals surface area contributed by atoms with E-state index in [0.29, 0.717) is 36.4 Å². The van der Waals surface area contributed by atoms with E-state index in [9.17, 15) is 9.90 Å². The Morgan fingerprint density at radius 2 is 1.37 bits per heavy atom. The van der Waals surface area contributed by atoms with Crippen LogP contribution in [0.3, 0.4) is 0 Å². The molecule has 0 saturated carbocycles. The zero-order valence-electron chi connectivity index (χ0n) is 33.2. The fourth-order valence-corrected chi connectivity index (χ4v) is 5.79. The van der Waals surface area contributed by atoms with E-state index in [1.165, 1.54) is 36.0 Å². The van der Waals surface area contributed by atoms with Gasteiger partial charge in [-0.25, -0.2) is 4.39 Å². The number of hydrogen-bond acceptors (Lipinski definition) is 3. The lowest BCUT2D eigenvalue weighted by Gasteiger charge is -2.25. The molecule has 46 heavy (non-hydrogen) atoms. The van der Waals surface area contributed by atoms with Crippen molar-refractivity contribution in [1.82, 2.24) is 0 Å². The van der Waals surface area contributed by atoms with Crippen LogP contribution in [-0.2, 0) is 9.53 Å². The van der Waals surface area contributed by atoms with E-state index >= 15 is 4.39 Å². The highest BCUT2D eigenvalue weighted by Gasteiger charge is 2.20. The lowest BCUT2D eigenvalue weighted by atomic mass is 9.82. The van der Waals surface area contributed by atoms with E-state index in [1.807, 2.05) is 6.92 Å². The summed E-state index contributed by atoms with van der Waals surface area (Å²) in [5.74, 6) is 2.78. The van der Waals surface area contributed by atoms with E-state index in [0.717, 1.165) is 56.8 Å². The van der Waals surface area contributed by atoms with Crippen molar-refractivity contribution in [3.63, 3.8) is 0 Å². The van der Waals surface area contributed by atoms with Crippen LogP contribution < -0.4 is 0 Å². The number of carbonyl (C=O) groups is 1. The predicted octanol–water partition coefficient (Wildman–Crippen LogP) is 13.0. The van der Waals surface area contributed by atoms with E-state index in [-0.39, 0.29) is 30.2 Å². The molecule has 0 bridgehead atoms. The number of halogens is 1. The first-order valence-corrected chi connectivity index (χ1v) is 18.6. The number of methoxy groups -OCH3 is 1. The third kappa shape index (κ3) is 23.7. The Labute approximate surface area is 287 Å². The van der Waals surface area contributed by atoms with Crippen LogP contribution in [0.2, 0.25) is 0 Å². The second-order valence-electron chi connectivity index (χ2n) is 14.0. The summed E-state index contributed by atoms with van der Waals surface area (Å²) in [7, 11) is 1.71. The minimum atomic E-state index is 0.106. The van der Waals surface area contributed by atoms with Crippen LogP contribution in [0.5, 0.6) is 0 Å². The van der Waals surface area contributed by atoms with Gasteiger partial charge in [0.15, 0.2) is 0 Å². The van der Waals surface area contributed by atoms with Gasteiger partial charge in [0.25, 0.3) is 0 Å². The minimum absolute atomic E-state index is 0.106. The summed E-state index contributed by atoms with van der Waals surface area (Å²) < 4.78 is 20.7. The topological polar surface area (TPSA) is 46.5 Å². The molecule has 0 spiro atoms. The molecule has 1 N–H and O–H groups in total. The maximum Gasteiger partial charge on any atom is 0.145 e. The van der Waals surface area contributed by atoms with Crippen molar-refractivity contribution < 1.29 is 19.0 Å². The minimum Gasteiger partial charge on any atom is -0.396 e. The Morgan fingerprint density at radius 3 is 1.76 bits per heavy atom. The highest BCUT2D eigenvalue weighted by atomic mass is 19.1. The zero-order chi connectivity index (χ0) is 36.2. The van der Waals surface area contributed by atoms with Gasteiger partial charge in [0.2, 0.25) is 0 Å². The average molecular weight is 651 g/mol. The molecule has 0 fully saturated rings. The van der Waals surface area contributed by atoms with Crippen LogP contribution in [0.15, 0.2) is 46.3 Å². The quantitative estimate of drug-likeness (QED) is 0.0720. The molecule has 3 nitrogen and oxygen atoms in total. The van der Waals surface area contributed by atoms with Crippen molar-refractivity contribution in [3.8, 4) is 0 Å². The summed E-state index contributed by atoms with van der Waals surface area (Å²) in [6.07, 6.45) is 14.7. The van der Waals surface area contributed by atoms with Crippen molar-refractivity contribution in [2.45, 2.75) is 161 Å². The monoisotopic (exact) mass is 651 g/mol. The third-order valence-corrected chi connectivity index (χ3v) is 9.56. The first kappa shape index (κ1) is 48.9. The van der Waals surface area contributed by atoms with Gasteiger partial charge in [0, 0.05) is 26.1 Å². The van der Waals surface area contributed by atoms with E-state index in [4.69, 9.17) is 4.74 Å². The average Bonchev–Trinajstić information content (AvgIpc) is 3.04. The highest BCUT2D eigenvalue weighted by Crippen LogP contribution is 2.33. The summed E-state index contributed by atoms with van der Waals surface area (Å²) in [4.78, 5) is 9.41. The van der Waals surface area contributed by atoms with Crippen molar-refractivity contribution in [1.29, 1.82) is 0 Å². The van der Waals surface area contributed by atoms with Gasteiger partial charge in [-0.1, -0.05) is 112 Å². The second-order valence-corrected chi connectivity index (χ2v) is 14.0. The molecule has 0 amide bonds. The number of ether oxygens (including phenoxy) is 1. The third-order valence-electron chi connectivity index (χ3n) is 9.56.